The first-order chi connectivity index (χ1) is 11.2. The van der Waals surface area contributed by atoms with Crippen molar-refractivity contribution < 1.29 is 9.90 Å². The van der Waals surface area contributed by atoms with E-state index in [2.05, 4.69) is 25.7 Å². The summed E-state index contributed by atoms with van der Waals surface area (Å²) in [7, 11) is 0. The van der Waals surface area contributed by atoms with Crippen molar-refractivity contribution in [3.63, 3.8) is 0 Å². The molecule has 0 rings (SSSR count). The van der Waals surface area contributed by atoms with Crippen molar-refractivity contribution in [3.8, 4) is 0 Å². The third-order valence-electron chi connectivity index (χ3n) is 4.94. The summed E-state index contributed by atoms with van der Waals surface area (Å²) in [6.07, 6.45) is 14.7. The molecule has 0 aliphatic rings. The summed E-state index contributed by atoms with van der Waals surface area (Å²) in [4.78, 5) is 13.7. The van der Waals surface area contributed by atoms with Crippen molar-refractivity contribution in [1.82, 2.24) is 4.90 Å². The number of carbonyl (C=O) groups is 1. The molecule has 1 atom stereocenters. The maximum Gasteiger partial charge on any atom is 0.306 e. The molecule has 0 fully saturated rings. The Balaban J connectivity index is 3.59. The number of nitrogens with zero attached hydrogens (tertiary/aromatic N) is 1. The normalized spacial score (nSPS) is 12.7. The molecule has 0 aromatic rings. The molecule has 0 radical (unpaired) electrons. The summed E-state index contributed by atoms with van der Waals surface area (Å²) in [5.74, 6) is -0.752. The van der Waals surface area contributed by atoms with Crippen molar-refractivity contribution in [2.75, 3.05) is 19.6 Å². The van der Waals surface area contributed by atoms with Crippen molar-refractivity contribution in [3.05, 3.63) is 0 Å². The summed E-state index contributed by atoms with van der Waals surface area (Å²) in [6.45, 7) is 9.49. The van der Waals surface area contributed by atoms with Crippen LogP contribution in [-0.2, 0) is 4.79 Å². The summed E-state index contributed by atoms with van der Waals surface area (Å²) in [5.41, 5.74) is 0. The third kappa shape index (κ3) is 13.6. The number of rotatable bonds is 17. The standard InChI is InChI=1S/C20H41NO2/c1-4-7-8-9-10-11-12-13-14-15-16-19(20(22)23)17-18-21(5-2)6-3/h19H,4-18H2,1-3H3,(H,22,23). The molecule has 0 saturated carbocycles. The zero-order chi connectivity index (χ0) is 17.3. The number of carboxylic acids is 1. The van der Waals surface area contributed by atoms with Crippen molar-refractivity contribution >= 4 is 5.97 Å². The van der Waals surface area contributed by atoms with Gasteiger partial charge in [-0.25, -0.2) is 0 Å². The van der Waals surface area contributed by atoms with Gasteiger partial charge in [0.15, 0.2) is 0 Å². The molecule has 0 amide bonds. The molecular formula is C20H41NO2. The fourth-order valence-electron chi connectivity index (χ4n) is 3.15. The predicted octanol–water partition coefficient (Wildman–Crippen LogP) is 5.73. The molecule has 138 valence electrons. The Kier molecular flexibility index (Phi) is 15.9. The zero-order valence-corrected chi connectivity index (χ0v) is 16.0. The van der Waals surface area contributed by atoms with Gasteiger partial charge in [0.1, 0.15) is 0 Å². The second-order valence-corrected chi connectivity index (χ2v) is 6.82. The number of aliphatic carboxylic acids is 1. The third-order valence-corrected chi connectivity index (χ3v) is 4.94. The quantitative estimate of drug-likeness (QED) is 0.347. The molecule has 0 saturated heterocycles. The molecule has 0 bridgehead atoms. The van der Waals surface area contributed by atoms with Crippen molar-refractivity contribution in [2.24, 2.45) is 5.92 Å². The lowest BCUT2D eigenvalue weighted by atomic mass is 9.96. The fourth-order valence-corrected chi connectivity index (χ4v) is 3.15. The second-order valence-electron chi connectivity index (χ2n) is 6.82. The van der Waals surface area contributed by atoms with Crippen LogP contribution in [0.1, 0.15) is 97.8 Å². The number of hydrogen-bond donors (Lipinski definition) is 1. The lowest BCUT2D eigenvalue weighted by Crippen LogP contribution is -2.27. The topological polar surface area (TPSA) is 40.5 Å². The highest BCUT2D eigenvalue weighted by atomic mass is 16.4. The molecular weight excluding hydrogens is 286 g/mol. The maximum absolute atomic E-state index is 11.4. The van der Waals surface area contributed by atoms with Gasteiger partial charge in [0.2, 0.25) is 0 Å². The van der Waals surface area contributed by atoms with Crippen LogP contribution in [-0.4, -0.2) is 35.6 Å². The van der Waals surface area contributed by atoms with Gasteiger partial charge in [-0.15, -0.1) is 0 Å². The van der Waals surface area contributed by atoms with E-state index in [4.69, 9.17) is 0 Å². The number of hydrogen-bond acceptors (Lipinski definition) is 2. The maximum atomic E-state index is 11.4. The zero-order valence-electron chi connectivity index (χ0n) is 16.0. The van der Waals surface area contributed by atoms with E-state index in [9.17, 15) is 9.90 Å². The lowest BCUT2D eigenvalue weighted by molar-refractivity contribution is -0.142. The van der Waals surface area contributed by atoms with E-state index in [1.54, 1.807) is 0 Å². The SMILES string of the molecule is CCCCCCCCCCCCC(CCN(CC)CC)C(=O)O. The van der Waals surface area contributed by atoms with Gasteiger partial charge >= 0.3 is 5.97 Å². The van der Waals surface area contributed by atoms with E-state index in [-0.39, 0.29) is 5.92 Å². The Morgan fingerprint density at radius 1 is 0.783 bits per heavy atom. The van der Waals surface area contributed by atoms with Crippen molar-refractivity contribution in [2.45, 2.75) is 97.8 Å². The van der Waals surface area contributed by atoms with Crippen LogP contribution in [0, 0.1) is 5.92 Å². The smallest absolute Gasteiger partial charge is 0.306 e. The van der Waals surface area contributed by atoms with E-state index >= 15 is 0 Å². The Morgan fingerprint density at radius 3 is 1.70 bits per heavy atom. The van der Waals surface area contributed by atoms with Crippen LogP contribution in [0.15, 0.2) is 0 Å². The average Bonchev–Trinajstić information content (AvgIpc) is 2.55. The largest absolute Gasteiger partial charge is 0.481 e. The van der Waals surface area contributed by atoms with E-state index in [0.29, 0.717) is 0 Å². The van der Waals surface area contributed by atoms with Crippen LogP contribution in [0.5, 0.6) is 0 Å². The molecule has 0 spiro atoms. The van der Waals surface area contributed by atoms with E-state index in [1.165, 1.54) is 57.8 Å². The summed E-state index contributed by atoms with van der Waals surface area (Å²) in [6, 6.07) is 0. The molecule has 0 aromatic heterocycles. The van der Waals surface area contributed by atoms with Crippen LogP contribution in [0.3, 0.4) is 0 Å². The highest BCUT2D eigenvalue weighted by molar-refractivity contribution is 5.69. The van der Waals surface area contributed by atoms with Crippen molar-refractivity contribution in [1.29, 1.82) is 0 Å². The Morgan fingerprint density at radius 2 is 1.26 bits per heavy atom. The summed E-state index contributed by atoms with van der Waals surface area (Å²) in [5, 5.41) is 9.36. The molecule has 1 N–H and O–H groups in total. The molecule has 0 heterocycles. The molecule has 3 nitrogen and oxygen atoms in total. The van der Waals surface area contributed by atoms with E-state index in [0.717, 1.165) is 38.9 Å². The molecule has 3 heteroatoms. The van der Waals surface area contributed by atoms with Gasteiger partial charge in [-0.3, -0.25) is 4.79 Å². The van der Waals surface area contributed by atoms with Gasteiger partial charge in [-0.1, -0.05) is 85.0 Å². The minimum Gasteiger partial charge on any atom is -0.481 e. The van der Waals surface area contributed by atoms with Gasteiger partial charge < -0.3 is 10.0 Å². The molecule has 1 unspecified atom stereocenters. The first-order valence-electron chi connectivity index (χ1n) is 10.1. The number of carboxylic acid groups (broad SMARTS) is 1. The summed E-state index contributed by atoms with van der Waals surface area (Å²) < 4.78 is 0. The van der Waals surface area contributed by atoms with Gasteiger partial charge in [-0.05, 0) is 32.5 Å². The van der Waals surface area contributed by atoms with Gasteiger partial charge in [0.25, 0.3) is 0 Å². The molecule has 0 aromatic carbocycles. The highest BCUT2D eigenvalue weighted by Gasteiger charge is 2.17. The average molecular weight is 328 g/mol. The van der Waals surface area contributed by atoms with Crippen LogP contribution >= 0.6 is 0 Å². The number of unbranched alkanes of at least 4 members (excludes halogenated alkanes) is 9. The molecule has 0 aliphatic carbocycles. The monoisotopic (exact) mass is 327 g/mol. The Hall–Kier alpha value is -0.570. The van der Waals surface area contributed by atoms with E-state index in [1.807, 2.05) is 0 Å². The van der Waals surface area contributed by atoms with Crippen LogP contribution in [0.4, 0.5) is 0 Å². The minimum absolute atomic E-state index is 0.148. The van der Waals surface area contributed by atoms with Gasteiger partial charge in [0.05, 0.1) is 5.92 Å². The molecule has 0 aliphatic heterocycles. The van der Waals surface area contributed by atoms with Crippen LogP contribution in [0.25, 0.3) is 0 Å². The lowest BCUT2D eigenvalue weighted by Gasteiger charge is -2.20. The minimum atomic E-state index is -0.604. The second kappa shape index (κ2) is 16.3. The van der Waals surface area contributed by atoms with Gasteiger partial charge in [0, 0.05) is 0 Å². The highest BCUT2D eigenvalue weighted by Crippen LogP contribution is 2.17. The van der Waals surface area contributed by atoms with E-state index < -0.39 is 5.97 Å². The first kappa shape index (κ1) is 22.4. The fraction of sp³-hybridized carbons (Fsp3) is 0.950. The predicted molar refractivity (Wildman–Crippen MR) is 100.0 cm³/mol. The van der Waals surface area contributed by atoms with Crippen LogP contribution < -0.4 is 0 Å². The summed E-state index contributed by atoms with van der Waals surface area (Å²) >= 11 is 0. The van der Waals surface area contributed by atoms with Gasteiger partial charge in [-0.2, -0.15) is 0 Å². The molecule has 23 heavy (non-hydrogen) atoms. The Labute approximate surface area is 144 Å². The first-order valence-corrected chi connectivity index (χ1v) is 10.1. The van der Waals surface area contributed by atoms with Crippen LogP contribution in [0.2, 0.25) is 0 Å². The Bertz CT molecular complexity index is 264.